The molecule has 7 heteroatoms. The van der Waals surface area contributed by atoms with Crippen molar-refractivity contribution in [2.24, 2.45) is 5.73 Å². The molecule has 1 amide bonds. The molecule has 0 fully saturated rings. The van der Waals surface area contributed by atoms with Crippen molar-refractivity contribution in [3.8, 4) is 0 Å². The molecular formula is C13H30N2O4Si. The summed E-state index contributed by atoms with van der Waals surface area (Å²) in [6.45, 7) is 12.2. The Morgan fingerprint density at radius 2 is 1.95 bits per heavy atom. The maximum absolute atomic E-state index is 10.4. The van der Waals surface area contributed by atoms with Crippen LogP contribution in [0.1, 0.15) is 27.2 Å². The fraction of sp³-hybridized carbons (Fsp3) is 0.923. The molecular weight excluding hydrogens is 276 g/mol. The number of aliphatic hydroxyl groups is 1. The fourth-order valence-electron chi connectivity index (χ4n) is 1.54. The Hall–Kier alpha value is -0.633. The van der Waals surface area contributed by atoms with Crippen molar-refractivity contribution in [1.82, 2.24) is 5.32 Å². The van der Waals surface area contributed by atoms with Gasteiger partial charge >= 0.3 is 6.09 Å². The van der Waals surface area contributed by atoms with Crippen LogP contribution < -0.4 is 11.1 Å². The van der Waals surface area contributed by atoms with E-state index in [1.54, 1.807) is 0 Å². The van der Waals surface area contributed by atoms with E-state index < -0.39 is 26.4 Å². The summed E-state index contributed by atoms with van der Waals surface area (Å²) in [5.41, 5.74) is 5.44. The summed E-state index contributed by atoms with van der Waals surface area (Å²) in [7, 11) is -1.28. The average Bonchev–Trinajstić information content (AvgIpc) is 2.25. The van der Waals surface area contributed by atoms with Crippen LogP contribution in [0.3, 0.4) is 0 Å². The van der Waals surface area contributed by atoms with Gasteiger partial charge < -0.3 is 26.0 Å². The third-order valence-corrected chi connectivity index (χ3v) is 9.78. The molecule has 0 aromatic carbocycles. The second kappa shape index (κ2) is 7.97. The number of nitrogens with two attached hydrogens (primary N) is 1. The van der Waals surface area contributed by atoms with Crippen molar-refractivity contribution in [3.63, 3.8) is 0 Å². The average molecular weight is 306 g/mol. The minimum absolute atomic E-state index is 0.0406. The Bertz CT molecular complexity index is 305. The molecule has 120 valence electrons. The number of aliphatic hydroxyl groups excluding tert-OH is 1. The van der Waals surface area contributed by atoms with Gasteiger partial charge in [-0.2, -0.15) is 0 Å². The smallest absolute Gasteiger partial charge is 0.405 e. The zero-order valence-electron chi connectivity index (χ0n) is 13.3. The van der Waals surface area contributed by atoms with Gasteiger partial charge in [0.1, 0.15) is 12.3 Å². The van der Waals surface area contributed by atoms with Gasteiger partial charge in [0.2, 0.25) is 0 Å². The maximum Gasteiger partial charge on any atom is 0.405 e. The minimum Gasteiger partial charge on any atom is -0.465 e. The summed E-state index contributed by atoms with van der Waals surface area (Å²) < 4.78 is 5.37. The number of rotatable bonds is 8. The number of carboxylic acid groups (broad SMARTS) is 1. The summed E-state index contributed by atoms with van der Waals surface area (Å²) in [4.78, 5) is 10.4. The highest BCUT2D eigenvalue weighted by Crippen LogP contribution is 2.39. The molecule has 0 aliphatic rings. The molecule has 0 aliphatic carbocycles. The van der Waals surface area contributed by atoms with Crippen molar-refractivity contribution in [2.45, 2.75) is 63.6 Å². The van der Waals surface area contributed by atoms with Crippen LogP contribution in [0.15, 0.2) is 0 Å². The first-order valence-corrected chi connectivity index (χ1v) is 10.2. The van der Waals surface area contributed by atoms with E-state index in [4.69, 9.17) is 15.6 Å². The van der Waals surface area contributed by atoms with Crippen molar-refractivity contribution >= 4 is 14.2 Å². The molecule has 0 radical (unpaired) electrons. The minimum atomic E-state index is -1.28. The van der Waals surface area contributed by atoms with Gasteiger partial charge in [0, 0.05) is 6.61 Å². The first kappa shape index (κ1) is 19.4. The third kappa shape index (κ3) is 7.23. The Labute approximate surface area is 122 Å². The highest BCUT2D eigenvalue weighted by atomic mass is 28.3. The monoisotopic (exact) mass is 306 g/mol. The first-order chi connectivity index (χ1) is 8.97. The number of carbonyl (C=O) groups is 1. The molecule has 2 unspecified atom stereocenters. The number of amides is 1. The van der Waals surface area contributed by atoms with E-state index >= 15 is 0 Å². The predicted octanol–water partition coefficient (Wildman–Crippen LogP) is 1.81. The number of hydrogen-bond acceptors (Lipinski definition) is 4. The van der Waals surface area contributed by atoms with E-state index in [-0.39, 0.29) is 6.61 Å². The van der Waals surface area contributed by atoms with Gasteiger partial charge in [0.15, 0.2) is 0 Å². The zero-order valence-corrected chi connectivity index (χ0v) is 14.3. The van der Waals surface area contributed by atoms with Gasteiger partial charge in [-0.25, -0.2) is 4.79 Å². The van der Waals surface area contributed by atoms with Gasteiger partial charge in [0.05, 0.1) is 14.7 Å². The zero-order chi connectivity index (χ0) is 16.0. The maximum atomic E-state index is 10.4. The van der Waals surface area contributed by atoms with Gasteiger partial charge in [0.25, 0.3) is 0 Å². The van der Waals surface area contributed by atoms with E-state index in [0.717, 1.165) is 12.5 Å². The van der Waals surface area contributed by atoms with E-state index in [1.165, 1.54) is 0 Å². The van der Waals surface area contributed by atoms with Crippen LogP contribution in [0.5, 0.6) is 0 Å². The number of ether oxygens (including phenoxy) is 1. The van der Waals surface area contributed by atoms with Gasteiger partial charge in [-0.1, -0.05) is 39.9 Å². The molecule has 0 spiro atoms. The molecule has 0 aliphatic heterocycles. The molecule has 0 aromatic heterocycles. The van der Waals surface area contributed by atoms with E-state index in [0.29, 0.717) is 11.6 Å². The van der Waals surface area contributed by atoms with Crippen LogP contribution in [0.25, 0.3) is 0 Å². The lowest BCUT2D eigenvalue weighted by molar-refractivity contribution is 0.0182. The quantitative estimate of drug-likeness (QED) is 0.311. The van der Waals surface area contributed by atoms with Crippen LogP contribution in [0.4, 0.5) is 4.79 Å². The van der Waals surface area contributed by atoms with Crippen LogP contribution in [0.2, 0.25) is 24.2 Å². The lowest BCUT2D eigenvalue weighted by Gasteiger charge is -2.37. The molecule has 0 saturated carbocycles. The van der Waals surface area contributed by atoms with E-state index in [9.17, 15) is 9.90 Å². The Kier molecular flexibility index (Phi) is 7.72. The topological polar surface area (TPSA) is 105 Å². The van der Waals surface area contributed by atoms with Crippen molar-refractivity contribution in [1.29, 1.82) is 0 Å². The molecule has 0 rings (SSSR count). The van der Waals surface area contributed by atoms with E-state index in [2.05, 4.69) is 33.9 Å². The summed E-state index contributed by atoms with van der Waals surface area (Å²) >= 11 is 0. The second-order valence-electron chi connectivity index (χ2n) is 6.85. The molecule has 0 aromatic rings. The number of hydrogen-bond donors (Lipinski definition) is 4. The summed E-state index contributed by atoms with van der Waals surface area (Å²) in [6.07, 6.45) is -2.36. The second-order valence-corrected chi connectivity index (χ2v) is 12.6. The molecule has 20 heavy (non-hydrogen) atoms. The van der Waals surface area contributed by atoms with Crippen LogP contribution in [-0.4, -0.2) is 49.9 Å². The summed E-state index contributed by atoms with van der Waals surface area (Å²) in [5, 5.41) is 20.4. The highest BCUT2D eigenvalue weighted by Gasteiger charge is 2.34. The van der Waals surface area contributed by atoms with Gasteiger partial charge in [-0.3, -0.25) is 0 Å². The van der Waals surface area contributed by atoms with Crippen molar-refractivity contribution in [3.05, 3.63) is 0 Å². The summed E-state index contributed by atoms with van der Waals surface area (Å²) in [6, 6.07) is 1.16. The Morgan fingerprint density at radius 3 is 2.40 bits per heavy atom. The fourth-order valence-corrected chi connectivity index (χ4v) is 3.32. The van der Waals surface area contributed by atoms with E-state index in [1.807, 2.05) is 5.32 Å². The lowest BCUT2D eigenvalue weighted by atomic mass is 10.2. The molecule has 2 atom stereocenters. The SMILES string of the molecule is CC(C)(C)[Si](C)(C)CCCOCC(O)C(N)NC(=O)O. The standard InChI is InChI=1S/C13H30N2O4Si/c1-13(2,3)20(4,5)8-6-7-19-9-10(16)11(14)15-12(17)18/h10-11,15-16H,6-9,14H2,1-5H3,(H,17,18). The van der Waals surface area contributed by atoms with Gasteiger partial charge in [-0.05, 0) is 11.5 Å². The third-order valence-electron chi connectivity index (χ3n) is 4.11. The van der Waals surface area contributed by atoms with Crippen LogP contribution in [0, 0.1) is 0 Å². The van der Waals surface area contributed by atoms with Gasteiger partial charge in [-0.15, -0.1) is 0 Å². The molecule has 6 nitrogen and oxygen atoms in total. The Balaban J connectivity index is 3.85. The molecule has 0 saturated heterocycles. The molecule has 5 N–H and O–H groups in total. The predicted molar refractivity (Wildman–Crippen MR) is 82.6 cm³/mol. The summed E-state index contributed by atoms with van der Waals surface area (Å²) in [5.74, 6) is 0. The largest absolute Gasteiger partial charge is 0.465 e. The van der Waals surface area contributed by atoms with Crippen molar-refractivity contribution < 1.29 is 19.7 Å². The Morgan fingerprint density at radius 1 is 1.40 bits per heavy atom. The molecule has 0 heterocycles. The molecule has 0 bridgehead atoms. The van der Waals surface area contributed by atoms with Crippen LogP contribution >= 0.6 is 0 Å². The normalized spacial score (nSPS) is 15.8. The van der Waals surface area contributed by atoms with Crippen LogP contribution in [-0.2, 0) is 4.74 Å². The number of nitrogens with one attached hydrogen (secondary N) is 1. The first-order valence-electron chi connectivity index (χ1n) is 6.98. The highest BCUT2D eigenvalue weighted by molar-refractivity contribution is 6.80. The van der Waals surface area contributed by atoms with Crippen molar-refractivity contribution in [2.75, 3.05) is 13.2 Å². The lowest BCUT2D eigenvalue weighted by Crippen LogP contribution is -2.51.